The Hall–Kier alpha value is -0.360. The number of carboxylic acids is 1. The third-order valence-corrected chi connectivity index (χ3v) is 4.42. The number of carboxylic acid groups (broad SMARTS) is 1. The predicted molar refractivity (Wildman–Crippen MR) is 74.3 cm³/mol. The molecule has 0 aliphatic rings. The molecular weight excluding hydrogens is 278 g/mol. The van der Waals surface area contributed by atoms with E-state index in [9.17, 15) is 4.79 Å². The highest BCUT2D eigenvalue weighted by molar-refractivity contribution is 8.01. The second-order valence-electron chi connectivity index (χ2n) is 3.46. The van der Waals surface area contributed by atoms with Crippen molar-refractivity contribution in [3.63, 3.8) is 0 Å². The Morgan fingerprint density at radius 1 is 1.47 bits per heavy atom. The summed E-state index contributed by atoms with van der Waals surface area (Å²) in [6, 6.07) is 2.85. The lowest BCUT2D eigenvalue weighted by Gasteiger charge is -2.12. The summed E-state index contributed by atoms with van der Waals surface area (Å²) in [4.78, 5) is 12.8. The molecule has 0 saturated heterocycles. The van der Waals surface area contributed by atoms with E-state index in [0.717, 1.165) is 15.4 Å². The average Bonchev–Trinajstić information content (AvgIpc) is 2.27. The lowest BCUT2D eigenvalue weighted by atomic mass is 10.1. The zero-order chi connectivity index (χ0) is 13.0. The molecule has 0 spiro atoms. The van der Waals surface area contributed by atoms with E-state index in [1.54, 1.807) is 29.6 Å². The maximum absolute atomic E-state index is 10.7. The first-order chi connectivity index (χ1) is 7.99. The summed E-state index contributed by atoms with van der Waals surface area (Å²) < 4.78 is 0. The first kappa shape index (κ1) is 14.7. The van der Waals surface area contributed by atoms with Gasteiger partial charge in [0, 0.05) is 9.79 Å². The van der Waals surface area contributed by atoms with Gasteiger partial charge in [0.2, 0.25) is 0 Å². The van der Waals surface area contributed by atoms with Crippen molar-refractivity contribution in [2.45, 2.75) is 22.3 Å². The molecule has 17 heavy (non-hydrogen) atoms. The SMILES string of the molecule is CSc1cc(CC(N)C(=O)O)cc(Cl)c1SC. The summed E-state index contributed by atoms with van der Waals surface area (Å²) in [5.74, 6) is -0.999. The number of hydrogen-bond acceptors (Lipinski definition) is 4. The standard InChI is InChI=1S/C11H14ClNO2S2/c1-16-9-5-6(4-8(13)11(14)15)3-7(12)10(9)17-2/h3,5,8H,4,13H2,1-2H3,(H,14,15). The summed E-state index contributed by atoms with van der Waals surface area (Å²) in [6.07, 6.45) is 4.22. The molecule has 1 unspecified atom stereocenters. The molecule has 0 fully saturated rings. The van der Waals surface area contributed by atoms with Crippen LogP contribution in [0.1, 0.15) is 5.56 Å². The van der Waals surface area contributed by atoms with E-state index in [1.165, 1.54) is 0 Å². The molecule has 1 aromatic carbocycles. The maximum Gasteiger partial charge on any atom is 0.320 e. The molecule has 3 nitrogen and oxygen atoms in total. The first-order valence-electron chi connectivity index (χ1n) is 4.88. The Labute approximate surface area is 114 Å². The molecule has 1 rings (SSSR count). The number of hydrogen-bond donors (Lipinski definition) is 2. The van der Waals surface area contributed by atoms with Crippen LogP contribution in [0.15, 0.2) is 21.9 Å². The normalized spacial score (nSPS) is 12.5. The van der Waals surface area contributed by atoms with Crippen molar-refractivity contribution in [1.82, 2.24) is 0 Å². The van der Waals surface area contributed by atoms with E-state index in [-0.39, 0.29) is 6.42 Å². The van der Waals surface area contributed by atoms with Gasteiger partial charge in [0.15, 0.2) is 0 Å². The second-order valence-corrected chi connectivity index (χ2v) is 5.53. The molecule has 0 aromatic heterocycles. The summed E-state index contributed by atoms with van der Waals surface area (Å²) in [6.45, 7) is 0. The van der Waals surface area contributed by atoms with Gasteiger partial charge in [0.25, 0.3) is 0 Å². The number of nitrogens with two attached hydrogens (primary N) is 1. The highest BCUT2D eigenvalue weighted by Crippen LogP contribution is 2.35. The van der Waals surface area contributed by atoms with Crippen LogP contribution in [0, 0.1) is 0 Å². The van der Waals surface area contributed by atoms with E-state index < -0.39 is 12.0 Å². The smallest absolute Gasteiger partial charge is 0.320 e. The zero-order valence-corrected chi connectivity index (χ0v) is 12.0. The molecule has 0 amide bonds. The quantitative estimate of drug-likeness (QED) is 0.817. The Kier molecular flexibility index (Phi) is 5.66. The minimum atomic E-state index is -0.999. The van der Waals surface area contributed by atoms with E-state index in [0.29, 0.717) is 5.02 Å². The van der Waals surface area contributed by atoms with Crippen LogP contribution in [0.2, 0.25) is 5.02 Å². The summed E-state index contributed by atoms with van der Waals surface area (Å²) >= 11 is 9.32. The second kappa shape index (κ2) is 6.54. The average molecular weight is 292 g/mol. The number of carbonyl (C=O) groups is 1. The number of thioether (sulfide) groups is 2. The molecule has 0 bridgehead atoms. The molecule has 0 aliphatic heterocycles. The molecule has 3 N–H and O–H groups in total. The van der Waals surface area contributed by atoms with Gasteiger partial charge in [0.1, 0.15) is 6.04 Å². The third kappa shape index (κ3) is 3.81. The minimum Gasteiger partial charge on any atom is -0.480 e. The molecule has 94 valence electrons. The fourth-order valence-corrected chi connectivity index (χ4v) is 3.54. The fourth-order valence-electron chi connectivity index (χ4n) is 1.43. The zero-order valence-electron chi connectivity index (χ0n) is 9.57. The van der Waals surface area contributed by atoms with E-state index in [4.69, 9.17) is 22.4 Å². The molecule has 1 aromatic rings. The van der Waals surface area contributed by atoms with Crippen LogP contribution in [-0.2, 0) is 11.2 Å². The molecular formula is C11H14ClNO2S2. The van der Waals surface area contributed by atoms with Crippen LogP contribution in [0.25, 0.3) is 0 Å². The first-order valence-corrected chi connectivity index (χ1v) is 7.71. The van der Waals surface area contributed by atoms with Gasteiger partial charge in [-0.2, -0.15) is 0 Å². The van der Waals surface area contributed by atoms with Gasteiger partial charge < -0.3 is 10.8 Å². The highest BCUT2D eigenvalue weighted by atomic mass is 35.5. The van der Waals surface area contributed by atoms with Gasteiger partial charge in [0.05, 0.1) is 5.02 Å². The number of halogens is 1. The number of benzene rings is 1. The summed E-state index contributed by atoms with van der Waals surface area (Å²) in [5.41, 5.74) is 6.36. The van der Waals surface area contributed by atoms with E-state index in [1.807, 2.05) is 18.6 Å². The van der Waals surface area contributed by atoms with Crippen molar-refractivity contribution in [1.29, 1.82) is 0 Å². The van der Waals surface area contributed by atoms with Crippen LogP contribution >= 0.6 is 35.1 Å². The molecule has 0 aliphatic carbocycles. The van der Waals surface area contributed by atoms with Gasteiger partial charge in [-0.15, -0.1) is 23.5 Å². The molecule has 0 radical (unpaired) electrons. The van der Waals surface area contributed by atoms with E-state index >= 15 is 0 Å². The fraction of sp³-hybridized carbons (Fsp3) is 0.364. The van der Waals surface area contributed by atoms with Gasteiger partial charge >= 0.3 is 5.97 Å². The molecule has 1 atom stereocenters. The van der Waals surface area contributed by atoms with Crippen LogP contribution in [-0.4, -0.2) is 29.6 Å². The minimum absolute atomic E-state index is 0.289. The lowest BCUT2D eigenvalue weighted by molar-refractivity contribution is -0.138. The van der Waals surface area contributed by atoms with Crippen molar-refractivity contribution in [3.05, 3.63) is 22.7 Å². The van der Waals surface area contributed by atoms with Crippen LogP contribution in [0.5, 0.6) is 0 Å². The molecule has 0 heterocycles. The Morgan fingerprint density at radius 3 is 2.59 bits per heavy atom. The van der Waals surface area contributed by atoms with E-state index in [2.05, 4.69) is 0 Å². The predicted octanol–water partition coefficient (Wildman–Crippen LogP) is 2.74. The van der Waals surface area contributed by atoms with Crippen molar-refractivity contribution in [3.8, 4) is 0 Å². The Morgan fingerprint density at radius 2 is 2.12 bits per heavy atom. The molecule has 0 saturated carbocycles. The van der Waals surface area contributed by atoms with Crippen LogP contribution in [0.3, 0.4) is 0 Å². The Balaban J connectivity index is 3.03. The summed E-state index contributed by atoms with van der Waals surface area (Å²) in [7, 11) is 0. The third-order valence-electron chi connectivity index (χ3n) is 2.27. The number of aliphatic carboxylic acids is 1. The van der Waals surface area contributed by atoms with Crippen LogP contribution < -0.4 is 5.73 Å². The van der Waals surface area contributed by atoms with Gasteiger partial charge in [-0.1, -0.05) is 11.6 Å². The lowest BCUT2D eigenvalue weighted by Crippen LogP contribution is -2.32. The van der Waals surface area contributed by atoms with Crippen LogP contribution in [0.4, 0.5) is 0 Å². The highest BCUT2D eigenvalue weighted by Gasteiger charge is 2.15. The number of rotatable bonds is 5. The van der Waals surface area contributed by atoms with Gasteiger partial charge in [-0.3, -0.25) is 4.79 Å². The van der Waals surface area contributed by atoms with Gasteiger partial charge in [-0.05, 0) is 36.6 Å². The van der Waals surface area contributed by atoms with Crippen molar-refractivity contribution in [2.24, 2.45) is 5.73 Å². The topological polar surface area (TPSA) is 63.3 Å². The Bertz CT molecular complexity index is 426. The van der Waals surface area contributed by atoms with Crippen molar-refractivity contribution in [2.75, 3.05) is 12.5 Å². The van der Waals surface area contributed by atoms with Gasteiger partial charge in [-0.25, -0.2) is 0 Å². The summed E-state index contributed by atoms with van der Waals surface area (Å²) in [5, 5.41) is 9.42. The van der Waals surface area contributed by atoms with Crippen molar-refractivity contribution < 1.29 is 9.90 Å². The van der Waals surface area contributed by atoms with Crippen molar-refractivity contribution >= 4 is 41.1 Å². The monoisotopic (exact) mass is 291 g/mol. The maximum atomic E-state index is 10.7. The molecule has 6 heteroatoms. The largest absolute Gasteiger partial charge is 0.480 e.